The van der Waals surface area contributed by atoms with Gasteiger partial charge in [-0.1, -0.05) is 12.1 Å². The number of halogens is 1. The number of nitrogen functional groups attached to an aromatic ring is 1. The number of anilines is 1. The van der Waals surface area contributed by atoms with E-state index in [9.17, 15) is 9.18 Å². The first-order chi connectivity index (χ1) is 8.65. The number of carbonyl (C=O) groups excluding carboxylic acids is 1. The second-order valence-electron chi connectivity index (χ2n) is 3.83. The van der Waals surface area contributed by atoms with E-state index >= 15 is 0 Å². The van der Waals surface area contributed by atoms with Gasteiger partial charge in [-0.25, -0.2) is 4.39 Å². The van der Waals surface area contributed by atoms with Crippen molar-refractivity contribution in [1.29, 1.82) is 0 Å². The molecule has 1 aromatic carbocycles. The van der Waals surface area contributed by atoms with Crippen LogP contribution in [0.5, 0.6) is 0 Å². The summed E-state index contributed by atoms with van der Waals surface area (Å²) in [5, 5.41) is 2.69. The second kappa shape index (κ2) is 5.35. The van der Waals surface area contributed by atoms with E-state index in [1.165, 1.54) is 24.3 Å². The predicted molar refractivity (Wildman–Crippen MR) is 65.6 cm³/mol. The maximum Gasteiger partial charge on any atom is 0.287 e. The molecule has 1 aromatic heterocycles. The summed E-state index contributed by atoms with van der Waals surface area (Å²) in [6.07, 6.45) is 0.627. The molecule has 3 N–H and O–H groups in total. The molecule has 5 heteroatoms. The van der Waals surface area contributed by atoms with Gasteiger partial charge >= 0.3 is 0 Å². The van der Waals surface area contributed by atoms with Crippen molar-refractivity contribution in [2.24, 2.45) is 0 Å². The minimum atomic E-state index is -0.311. The standard InChI is InChI=1S/C13H13FN2O2/c14-10-3-1-9(2-4-10)7-8-16-13(17)11-5-6-12(15)18-11/h1-6H,7-8,15H2,(H,16,17). The number of nitrogens with one attached hydrogen (secondary N) is 1. The van der Waals surface area contributed by atoms with Crippen LogP contribution in [0, 0.1) is 5.82 Å². The van der Waals surface area contributed by atoms with Crippen LogP contribution in [0.25, 0.3) is 0 Å². The Hall–Kier alpha value is -2.30. The minimum absolute atomic E-state index is 0.187. The van der Waals surface area contributed by atoms with Gasteiger partial charge in [-0.05, 0) is 30.2 Å². The van der Waals surface area contributed by atoms with Crippen LogP contribution in [0.1, 0.15) is 16.1 Å². The average molecular weight is 248 g/mol. The summed E-state index contributed by atoms with van der Waals surface area (Å²) in [5.41, 5.74) is 6.32. The summed E-state index contributed by atoms with van der Waals surface area (Å²) in [7, 11) is 0. The van der Waals surface area contributed by atoms with Gasteiger partial charge in [-0.2, -0.15) is 0 Å². The summed E-state index contributed by atoms with van der Waals surface area (Å²) in [5.74, 6) is -0.187. The van der Waals surface area contributed by atoms with Crippen LogP contribution in [0.4, 0.5) is 10.3 Å². The van der Waals surface area contributed by atoms with Crippen LogP contribution < -0.4 is 11.1 Å². The number of nitrogens with two attached hydrogens (primary N) is 1. The molecule has 0 spiro atoms. The molecule has 0 atom stereocenters. The van der Waals surface area contributed by atoms with Crippen molar-refractivity contribution >= 4 is 11.8 Å². The molecule has 0 radical (unpaired) electrons. The van der Waals surface area contributed by atoms with Crippen LogP contribution in [-0.2, 0) is 6.42 Å². The molecule has 4 nitrogen and oxygen atoms in total. The zero-order chi connectivity index (χ0) is 13.0. The largest absolute Gasteiger partial charge is 0.436 e. The third-order valence-electron chi connectivity index (χ3n) is 2.46. The highest BCUT2D eigenvalue weighted by Gasteiger charge is 2.08. The Balaban J connectivity index is 1.82. The van der Waals surface area contributed by atoms with Gasteiger partial charge in [-0.15, -0.1) is 0 Å². The van der Waals surface area contributed by atoms with E-state index in [0.717, 1.165) is 5.56 Å². The Morgan fingerprint density at radius 3 is 2.56 bits per heavy atom. The van der Waals surface area contributed by atoms with Gasteiger partial charge < -0.3 is 15.5 Å². The SMILES string of the molecule is Nc1ccc(C(=O)NCCc2ccc(F)cc2)o1. The number of benzene rings is 1. The number of amides is 1. The lowest BCUT2D eigenvalue weighted by molar-refractivity contribution is 0.0927. The summed E-state index contributed by atoms with van der Waals surface area (Å²) in [6, 6.07) is 9.20. The molecule has 1 heterocycles. The fraction of sp³-hybridized carbons (Fsp3) is 0.154. The fourth-order valence-electron chi connectivity index (χ4n) is 1.53. The Morgan fingerprint density at radius 1 is 1.22 bits per heavy atom. The zero-order valence-electron chi connectivity index (χ0n) is 9.65. The number of furan rings is 1. The molecule has 0 aliphatic rings. The summed E-state index contributed by atoms with van der Waals surface area (Å²) in [4.78, 5) is 11.6. The minimum Gasteiger partial charge on any atom is -0.436 e. The van der Waals surface area contributed by atoms with E-state index in [4.69, 9.17) is 10.2 Å². The van der Waals surface area contributed by atoms with Crippen molar-refractivity contribution in [2.75, 3.05) is 12.3 Å². The van der Waals surface area contributed by atoms with E-state index in [2.05, 4.69) is 5.32 Å². The summed E-state index contributed by atoms with van der Waals surface area (Å²) >= 11 is 0. The van der Waals surface area contributed by atoms with Crippen molar-refractivity contribution < 1.29 is 13.6 Å². The molecule has 1 amide bonds. The number of hydrogen-bond donors (Lipinski definition) is 2. The summed E-state index contributed by atoms with van der Waals surface area (Å²) in [6.45, 7) is 0.449. The number of hydrogen-bond acceptors (Lipinski definition) is 3. The van der Waals surface area contributed by atoms with Gasteiger partial charge in [0, 0.05) is 12.6 Å². The van der Waals surface area contributed by atoms with E-state index in [1.54, 1.807) is 12.1 Å². The zero-order valence-corrected chi connectivity index (χ0v) is 9.65. The van der Waals surface area contributed by atoms with Gasteiger partial charge in [0.25, 0.3) is 5.91 Å². The van der Waals surface area contributed by atoms with E-state index in [0.29, 0.717) is 13.0 Å². The first-order valence-electron chi connectivity index (χ1n) is 5.53. The van der Waals surface area contributed by atoms with E-state index in [-0.39, 0.29) is 23.4 Å². The molecule has 0 unspecified atom stereocenters. The van der Waals surface area contributed by atoms with Gasteiger partial charge in [-0.3, -0.25) is 4.79 Å². The maximum absolute atomic E-state index is 12.7. The molecule has 0 aliphatic carbocycles. The molecule has 18 heavy (non-hydrogen) atoms. The average Bonchev–Trinajstić information content (AvgIpc) is 2.78. The topological polar surface area (TPSA) is 68.3 Å². The van der Waals surface area contributed by atoms with Crippen molar-refractivity contribution in [3.63, 3.8) is 0 Å². The molecule has 0 saturated heterocycles. The molecule has 0 saturated carbocycles. The fourth-order valence-corrected chi connectivity index (χ4v) is 1.53. The predicted octanol–water partition coefficient (Wildman–Crippen LogP) is 1.97. The molecule has 94 valence electrons. The highest BCUT2D eigenvalue weighted by Crippen LogP contribution is 2.08. The highest BCUT2D eigenvalue weighted by atomic mass is 19.1. The molecular formula is C13H13FN2O2. The Labute approximate surface area is 104 Å². The molecule has 0 bridgehead atoms. The van der Waals surface area contributed by atoms with Gasteiger partial charge in [0.1, 0.15) is 5.82 Å². The van der Waals surface area contributed by atoms with Crippen molar-refractivity contribution in [2.45, 2.75) is 6.42 Å². The summed E-state index contributed by atoms with van der Waals surface area (Å²) < 4.78 is 17.6. The van der Waals surface area contributed by atoms with E-state index in [1.807, 2.05) is 0 Å². The van der Waals surface area contributed by atoms with Crippen LogP contribution >= 0.6 is 0 Å². The molecular weight excluding hydrogens is 235 g/mol. The highest BCUT2D eigenvalue weighted by molar-refractivity contribution is 5.91. The molecule has 2 aromatic rings. The van der Waals surface area contributed by atoms with Crippen molar-refractivity contribution in [1.82, 2.24) is 5.32 Å². The second-order valence-corrected chi connectivity index (χ2v) is 3.83. The normalized spacial score (nSPS) is 10.3. The lowest BCUT2D eigenvalue weighted by Gasteiger charge is -2.03. The third-order valence-corrected chi connectivity index (χ3v) is 2.46. The van der Waals surface area contributed by atoms with Crippen LogP contribution in [0.3, 0.4) is 0 Å². The van der Waals surface area contributed by atoms with Crippen molar-refractivity contribution in [3.05, 3.63) is 53.5 Å². The lowest BCUT2D eigenvalue weighted by Crippen LogP contribution is -2.25. The van der Waals surface area contributed by atoms with Crippen LogP contribution in [0.2, 0.25) is 0 Å². The van der Waals surface area contributed by atoms with Gasteiger partial charge in [0.05, 0.1) is 0 Å². The molecule has 2 rings (SSSR count). The number of carbonyl (C=O) groups is 1. The van der Waals surface area contributed by atoms with Crippen molar-refractivity contribution in [3.8, 4) is 0 Å². The molecule has 0 fully saturated rings. The number of rotatable bonds is 4. The van der Waals surface area contributed by atoms with Crippen LogP contribution in [-0.4, -0.2) is 12.5 Å². The maximum atomic E-state index is 12.7. The smallest absolute Gasteiger partial charge is 0.287 e. The third kappa shape index (κ3) is 3.10. The molecule has 0 aliphatic heterocycles. The monoisotopic (exact) mass is 248 g/mol. The quantitative estimate of drug-likeness (QED) is 0.869. The Kier molecular flexibility index (Phi) is 3.62. The first kappa shape index (κ1) is 12.2. The first-order valence-corrected chi connectivity index (χ1v) is 5.53. The van der Waals surface area contributed by atoms with Crippen LogP contribution in [0.15, 0.2) is 40.8 Å². The van der Waals surface area contributed by atoms with Gasteiger partial charge in [0.15, 0.2) is 11.6 Å². The van der Waals surface area contributed by atoms with Gasteiger partial charge in [0.2, 0.25) is 0 Å². The Morgan fingerprint density at radius 2 is 1.94 bits per heavy atom. The Bertz CT molecular complexity index is 534. The lowest BCUT2D eigenvalue weighted by atomic mass is 10.1. The van der Waals surface area contributed by atoms with E-state index < -0.39 is 0 Å².